The van der Waals surface area contributed by atoms with E-state index < -0.39 is 10.0 Å². The molecule has 1 aliphatic heterocycles. The number of aliphatic hydroxyl groups excluding tert-OH is 1. The molecule has 21 heavy (non-hydrogen) atoms. The third kappa shape index (κ3) is 3.30. The molecule has 5 heteroatoms. The molecule has 0 amide bonds. The van der Waals surface area contributed by atoms with Gasteiger partial charge < -0.3 is 5.11 Å². The Balaban J connectivity index is 2.47. The number of hydrogen-bond acceptors (Lipinski definition) is 3. The zero-order valence-electron chi connectivity index (χ0n) is 13.1. The van der Waals surface area contributed by atoms with Crippen LogP contribution in [0, 0.1) is 13.8 Å². The van der Waals surface area contributed by atoms with Gasteiger partial charge in [0, 0.05) is 12.6 Å². The van der Waals surface area contributed by atoms with E-state index in [0.29, 0.717) is 17.0 Å². The molecule has 1 fully saturated rings. The SMILES string of the molecule is Cc1cc(C)c(S(=O)(=O)N2CCCCCC2C)cc1CO. The lowest BCUT2D eigenvalue weighted by Gasteiger charge is -2.27. The molecule has 1 unspecified atom stereocenters. The first-order chi connectivity index (χ1) is 9.87. The summed E-state index contributed by atoms with van der Waals surface area (Å²) in [5.74, 6) is 0. The first kappa shape index (κ1) is 16.5. The van der Waals surface area contributed by atoms with Crippen LogP contribution < -0.4 is 0 Å². The van der Waals surface area contributed by atoms with E-state index in [4.69, 9.17) is 0 Å². The molecule has 1 saturated heterocycles. The van der Waals surface area contributed by atoms with Crippen LogP contribution >= 0.6 is 0 Å². The number of aliphatic hydroxyl groups is 1. The van der Waals surface area contributed by atoms with Gasteiger partial charge in [-0.2, -0.15) is 4.31 Å². The fraction of sp³-hybridized carbons (Fsp3) is 0.625. The second-order valence-electron chi connectivity index (χ2n) is 6.02. The van der Waals surface area contributed by atoms with E-state index in [1.807, 2.05) is 26.8 Å². The van der Waals surface area contributed by atoms with E-state index in [1.165, 1.54) is 0 Å². The lowest BCUT2D eigenvalue weighted by Crippen LogP contribution is -2.38. The normalized spacial score (nSPS) is 21.2. The Kier molecular flexibility index (Phi) is 5.07. The van der Waals surface area contributed by atoms with Crippen molar-refractivity contribution in [1.29, 1.82) is 0 Å². The fourth-order valence-electron chi connectivity index (χ4n) is 3.05. The Labute approximate surface area is 127 Å². The highest BCUT2D eigenvalue weighted by Gasteiger charge is 2.31. The van der Waals surface area contributed by atoms with E-state index in [9.17, 15) is 13.5 Å². The van der Waals surface area contributed by atoms with Crippen LogP contribution in [0.3, 0.4) is 0 Å². The molecular weight excluding hydrogens is 286 g/mol. The van der Waals surface area contributed by atoms with Gasteiger partial charge in [-0.05, 0) is 56.4 Å². The van der Waals surface area contributed by atoms with Crippen molar-refractivity contribution in [3.63, 3.8) is 0 Å². The Hall–Kier alpha value is -0.910. The van der Waals surface area contributed by atoms with E-state index in [-0.39, 0.29) is 12.6 Å². The van der Waals surface area contributed by atoms with Crippen LogP contribution in [0.4, 0.5) is 0 Å². The first-order valence-electron chi connectivity index (χ1n) is 7.60. The summed E-state index contributed by atoms with van der Waals surface area (Å²) >= 11 is 0. The zero-order valence-corrected chi connectivity index (χ0v) is 13.9. The van der Waals surface area contributed by atoms with Crippen molar-refractivity contribution in [2.24, 2.45) is 0 Å². The van der Waals surface area contributed by atoms with Gasteiger partial charge in [-0.25, -0.2) is 8.42 Å². The van der Waals surface area contributed by atoms with Crippen LogP contribution in [0.1, 0.15) is 49.3 Å². The third-order valence-electron chi connectivity index (χ3n) is 4.38. The van der Waals surface area contributed by atoms with Crippen molar-refractivity contribution >= 4 is 10.0 Å². The summed E-state index contributed by atoms with van der Waals surface area (Å²) in [5.41, 5.74) is 2.36. The molecule has 1 aliphatic rings. The summed E-state index contributed by atoms with van der Waals surface area (Å²) in [5, 5.41) is 9.40. The van der Waals surface area contributed by atoms with Crippen molar-refractivity contribution in [2.75, 3.05) is 6.54 Å². The molecule has 1 N–H and O–H groups in total. The van der Waals surface area contributed by atoms with Crippen molar-refractivity contribution in [2.45, 2.75) is 64.0 Å². The summed E-state index contributed by atoms with van der Waals surface area (Å²) in [6.07, 6.45) is 4.01. The molecule has 1 atom stereocenters. The maximum absolute atomic E-state index is 13.0. The molecule has 1 heterocycles. The maximum atomic E-state index is 13.0. The van der Waals surface area contributed by atoms with Crippen LogP contribution in [-0.2, 0) is 16.6 Å². The minimum Gasteiger partial charge on any atom is -0.392 e. The Bertz CT molecular complexity index is 610. The van der Waals surface area contributed by atoms with Gasteiger partial charge in [-0.15, -0.1) is 0 Å². The lowest BCUT2D eigenvalue weighted by molar-refractivity contribution is 0.280. The van der Waals surface area contributed by atoms with Gasteiger partial charge in [-0.1, -0.05) is 18.9 Å². The summed E-state index contributed by atoms with van der Waals surface area (Å²) in [6, 6.07) is 3.52. The molecular formula is C16H25NO3S. The van der Waals surface area contributed by atoms with E-state index in [1.54, 1.807) is 10.4 Å². The van der Waals surface area contributed by atoms with Crippen LogP contribution in [-0.4, -0.2) is 30.4 Å². The summed E-state index contributed by atoms with van der Waals surface area (Å²) in [6.45, 7) is 6.15. The predicted molar refractivity (Wildman–Crippen MR) is 83.7 cm³/mol. The fourth-order valence-corrected chi connectivity index (χ4v) is 5.01. The Morgan fingerprint density at radius 3 is 2.57 bits per heavy atom. The van der Waals surface area contributed by atoms with Crippen LogP contribution in [0.2, 0.25) is 0 Å². The molecule has 1 aromatic carbocycles. The quantitative estimate of drug-likeness (QED) is 0.934. The summed E-state index contributed by atoms with van der Waals surface area (Å²) in [7, 11) is -3.49. The predicted octanol–water partition coefficient (Wildman–Crippen LogP) is 2.75. The minimum atomic E-state index is -3.49. The van der Waals surface area contributed by atoms with Crippen LogP contribution in [0.25, 0.3) is 0 Å². The molecule has 0 bridgehead atoms. The lowest BCUT2D eigenvalue weighted by atomic mass is 10.1. The number of benzene rings is 1. The average Bonchev–Trinajstić information content (AvgIpc) is 2.63. The van der Waals surface area contributed by atoms with Gasteiger partial charge in [0.05, 0.1) is 11.5 Å². The van der Waals surface area contributed by atoms with Gasteiger partial charge in [0.25, 0.3) is 0 Å². The van der Waals surface area contributed by atoms with E-state index in [2.05, 4.69) is 0 Å². The monoisotopic (exact) mass is 311 g/mol. The molecule has 4 nitrogen and oxygen atoms in total. The highest BCUT2D eigenvalue weighted by atomic mass is 32.2. The molecule has 118 valence electrons. The van der Waals surface area contributed by atoms with Gasteiger partial charge in [0.2, 0.25) is 10.0 Å². The van der Waals surface area contributed by atoms with Gasteiger partial charge in [-0.3, -0.25) is 0 Å². The first-order valence-corrected chi connectivity index (χ1v) is 9.04. The zero-order chi connectivity index (χ0) is 15.6. The van der Waals surface area contributed by atoms with Crippen molar-refractivity contribution in [3.8, 4) is 0 Å². The standard InChI is InChI=1S/C16H25NO3S/c1-12-9-13(2)16(10-15(12)11-18)21(19,20)17-8-6-4-5-7-14(17)3/h9-10,14,18H,4-8,11H2,1-3H3. The highest BCUT2D eigenvalue weighted by molar-refractivity contribution is 7.89. The number of nitrogens with zero attached hydrogens (tertiary/aromatic N) is 1. The van der Waals surface area contributed by atoms with Crippen molar-refractivity contribution in [3.05, 3.63) is 28.8 Å². The molecule has 0 aromatic heterocycles. The molecule has 0 aliphatic carbocycles. The van der Waals surface area contributed by atoms with Crippen LogP contribution in [0.15, 0.2) is 17.0 Å². The Morgan fingerprint density at radius 1 is 1.19 bits per heavy atom. The molecule has 1 aromatic rings. The van der Waals surface area contributed by atoms with Crippen LogP contribution in [0.5, 0.6) is 0 Å². The third-order valence-corrected chi connectivity index (χ3v) is 6.54. The number of aryl methyl sites for hydroxylation is 2. The maximum Gasteiger partial charge on any atom is 0.243 e. The summed E-state index contributed by atoms with van der Waals surface area (Å²) < 4.78 is 27.6. The largest absolute Gasteiger partial charge is 0.392 e. The van der Waals surface area contributed by atoms with Gasteiger partial charge >= 0.3 is 0 Å². The molecule has 0 saturated carbocycles. The smallest absolute Gasteiger partial charge is 0.243 e. The van der Waals surface area contributed by atoms with Crippen molar-refractivity contribution < 1.29 is 13.5 Å². The number of sulfonamides is 1. The van der Waals surface area contributed by atoms with E-state index >= 15 is 0 Å². The highest BCUT2D eigenvalue weighted by Crippen LogP contribution is 2.28. The topological polar surface area (TPSA) is 57.6 Å². The summed E-state index contributed by atoms with van der Waals surface area (Å²) in [4.78, 5) is 0.339. The second kappa shape index (κ2) is 6.46. The number of rotatable bonds is 3. The molecule has 0 radical (unpaired) electrons. The Morgan fingerprint density at radius 2 is 1.90 bits per heavy atom. The minimum absolute atomic E-state index is 0.0378. The van der Waals surface area contributed by atoms with Gasteiger partial charge in [0.15, 0.2) is 0 Å². The molecule has 2 rings (SSSR count). The second-order valence-corrected chi connectivity index (χ2v) is 7.88. The van der Waals surface area contributed by atoms with Crippen molar-refractivity contribution in [1.82, 2.24) is 4.31 Å². The number of hydrogen-bond donors (Lipinski definition) is 1. The van der Waals surface area contributed by atoms with E-state index in [0.717, 1.165) is 36.8 Å². The average molecular weight is 311 g/mol. The van der Waals surface area contributed by atoms with Gasteiger partial charge in [0.1, 0.15) is 0 Å². The molecule has 0 spiro atoms.